The number of nitrogens with zero attached hydrogens (tertiary/aromatic N) is 4. The van der Waals surface area contributed by atoms with Gasteiger partial charge in [-0.25, -0.2) is 9.69 Å². The Hall–Kier alpha value is -3.95. The molecule has 0 N–H and O–H groups in total. The number of carbonyl (C=O) groups excluding carboxylic acids is 1. The third-order valence-electron chi connectivity index (χ3n) is 6.35. The zero-order valence-corrected chi connectivity index (χ0v) is 19.4. The Morgan fingerprint density at radius 3 is 2.39 bits per heavy atom. The van der Waals surface area contributed by atoms with E-state index in [4.69, 9.17) is 4.74 Å². The van der Waals surface area contributed by atoms with E-state index in [2.05, 4.69) is 10.2 Å². The van der Waals surface area contributed by atoms with Crippen LogP contribution in [0.2, 0.25) is 0 Å². The highest BCUT2D eigenvalue weighted by Gasteiger charge is 2.39. The van der Waals surface area contributed by atoms with Gasteiger partial charge in [-0.05, 0) is 42.2 Å². The third-order valence-corrected chi connectivity index (χ3v) is 6.35. The number of hydrogen-bond acceptors (Lipinski definition) is 5. The van der Waals surface area contributed by atoms with Crippen LogP contribution in [0.5, 0.6) is 5.75 Å². The molecule has 1 saturated carbocycles. The van der Waals surface area contributed by atoms with E-state index < -0.39 is 35.8 Å². The van der Waals surface area contributed by atoms with Crippen molar-refractivity contribution in [2.24, 2.45) is 5.10 Å². The molecule has 186 valence electrons. The lowest BCUT2D eigenvalue weighted by atomic mass is 9.98. The van der Waals surface area contributed by atoms with Gasteiger partial charge < -0.3 is 4.74 Å². The number of hydrazone groups is 1. The van der Waals surface area contributed by atoms with Crippen LogP contribution in [-0.4, -0.2) is 33.5 Å². The van der Waals surface area contributed by atoms with Crippen LogP contribution in [0, 0.1) is 0 Å². The SMILES string of the molecule is COc1ccc(C2CC(c3ccccc3)=NN2C(=O)Cn2nc(C3CC3)cc(C(F)(F)F)c2=O)cc1. The number of benzene rings is 2. The molecule has 1 atom stereocenters. The number of rotatable bonds is 6. The fourth-order valence-electron chi connectivity index (χ4n) is 4.28. The lowest BCUT2D eigenvalue weighted by Gasteiger charge is -2.22. The molecular formula is C26H23F3N4O3. The number of halogens is 3. The molecule has 1 aromatic heterocycles. The van der Waals surface area contributed by atoms with Gasteiger partial charge in [-0.1, -0.05) is 42.5 Å². The minimum atomic E-state index is -4.84. The molecule has 1 aliphatic carbocycles. The summed E-state index contributed by atoms with van der Waals surface area (Å²) in [5, 5.41) is 9.88. The summed E-state index contributed by atoms with van der Waals surface area (Å²) >= 11 is 0. The number of aromatic nitrogens is 2. The minimum absolute atomic E-state index is 0.130. The van der Waals surface area contributed by atoms with E-state index >= 15 is 0 Å². The summed E-state index contributed by atoms with van der Waals surface area (Å²) in [5.74, 6) is -0.113. The molecule has 0 radical (unpaired) electrons. The summed E-state index contributed by atoms with van der Waals surface area (Å²) in [6.45, 7) is -0.652. The molecule has 0 spiro atoms. The van der Waals surface area contributed by atoms with Crippen molar-refractivity contribution in [3.63, 3.8) is 0 Å². The van der Waals surface area contributed by atoms with Crippen molar-refractivity contribution in [3.8, 4) is 5.75 Å². The predicted molar refractivity (Wildman–Crippen MR) is 126 cm³/mol. The number of amides is 1. The standard InChI is InChI=1S/C26H23F3N4O3/c1-36-19-11-9-18(10-12-19)23-14-22(16-5-3-2-4-6-16)31-33(23)24(34)15-32-25(35)20(26(27,28)29)13-21(30-32)17-7-8-17/h2-6,9-13,17,23H,7-8,14-15H2,1H3. The molecule has 2 aromatic carbocycles. The maximum atomic E-state index is 13.5. The molecule has 1 unspecified atom stereocenters. The van der Waals surface area contributed by atoms with Crippen LogP contribution in [0.15, 0.2) is 70.6 Å². The molecule has 0 bridgehead atoms. The number of alkyl halides is 3. The molecule has 10 heteroatoms. The lowest BCUT2D eigenvalue weighted by molar-refractivity contribution is -0.140. The van der Waals surface area contributed by atoms with E-state index in [0.29, 0.717) is 35.4 Å². The second kappa shape index (κ2) is 9.25. The van der Waals surface area contributed by atoms with Crippen LogP contribution in [0.3, 0.4) is 0 Å². The minimum Gasteiger partial charge on any atom is -0.497 e. The maximum absolute atomic E-state index is 13.5. The first-order valence-corrected chi connectivity index (χ1v) is 11.5. The Labute approximate surface area is 204 Å². The number of methoxy groups -OCH3 is 1. The van der Waals surface area contributed by atoms with Crippen LogP contribution in [-0.2, 0) is 17.5 Å². The number of ether oxygens (including phenoxy) is 1. The van der Waals surface area contributed by atoms with Gasteiger partial charge in [0, 0.05) is 12.3 Å². The van der Waals surface area contributed by atoms with Gasteiger partial charge in [0.05, 0.1) is 24.6 Å². The third kappa shape index (κ3) is 4.75. The monoisotopic (exact) mass is 496 g/mol. The molecule has 1 amide bonds. The molecule has 36 heavy (non-hydrogen) atoms. The lowest BCUT2D eigenvalue weighted by Crippen LogP contribution is -2.38. The Morgan fingerprint density at radius 1 is 1.08 bits per heavy atom. The summed E-state index contributed by atoms with van der Waals surface area (Å²) in [7, 11) is 1.55. The van der Waals surface area contributed by atoms with E-state index in [1.165, 1.54) is 5.01 Å². The first kappa shape index (κ1) is 23.8. The molecule has 1 fully saturated rings. The van der Waals surface area contributed by atoms with E-state index in [9.17, 15) is 22.8 Å². The molecule has 5 rings (SSSR count). The van der Waals surface area contributed by atoms with Crippen molar-refractivity contribution in [2.45, 2.75) is 43.9 Å². The highest BCUT2D eigenvalue weighted by atomic mass is 19.4. The van der Waals surface area contributed by atoms with Gasteiger partial charge in [0.25, 0.3) is 11.5 Å². The summed E-state index contributed by atoms with van der Waals surface area (Å²) in [4.78, 5) is 26.1. The normalized spacial score (nSPS) is 17.7. The summed E-state index contributed by atoms with van der Waals surface area (Å²) in [6, 6.07) is 16.8. The van der Waals surface area contributed by atoms with E-state index in [0.717, 1.165) is 17.2 Å². The zero-order chi connectivity index (χ0) is 25.4. The van der Waals surface area contributed by atoms with Gasteiger partial charge in [0.1, 0.15) is 17.9 Å². The number of hydrogen-bond donors (Lipinski definition) is 0. The van der Waals surface area contributed by atoms with E-state index in [1.54, 1.807) is 19.2 Å². The van der Waals surface area contributed by atoms with Crippen LogP contribution < -0.4 is 10.3 Å². The van der Waals surface area contributed by atoms with Gasteiger partial charge in [-0.2, -0.15) is 23.4 Å². The van der Waals surface area contributed by atoms with Gasteiger partial charge in [0.2, 0.25) is 0 Å². The van der Waals surface area contributed by atoms with Gasteiger partial charge in [0.15, 0.2) is 0 Å². The molecule has 2 heterocycles. The van der Waals surface area contributed by atoms with E-state index in [-0.39, 0.29) is 11.6 Å². The van der Waals surface area contributed by atoms with Crippen molar-refractivity contribution in [2.75, 3.05) is 7.11 Å². The summed E-state index contributed by atoms with van der Waals surface area (Å²) < 4.78 is 46.5. The Balaban J connectivity index is 1.50. The summed E-state index contributed by atoms with van der Waals surface area (Å²) in [5.41, 5.74) is -0.204. The van der Waals surface area contributed by atoms with Crippen molar-refractivity contribution in [3.05, 3.63) is 93.4 Å². The molecule has 3 aromatic rings. The largest absolute Gasteiger partial charge is 0.497 e. The Morgan fingerprint density at radius 2 is 1.78 bits per heavy atom. The van der Waals surface area contributed by atoms with Gasteiger partial charge in [-0.15, -0.1) is 0 Å². The first-order chi connectivity index (χ1) is 17.2. The smallest absolute Gasteiger partial charge is 0.421 e. The zero-order valence-electron chi connectivity index (χ0n) is 19.4. The fourth-order valence-corrected chi connectivity index (χ4v) is 4.28. The maximum Gasteiger partial charge on any atom is 0.421 e. The average Bonchev–Trinajstić information content (AvgIpc) is 3.63. The van der Waals surface area contributed by atoms with Crippen LogP contribution in [0.1, 0.15) is 53.6 Å². The van der Waals surface area contributed by atoms with Crippen LogP contribution >= 0.6 is 0 Å². The van der Waals surface area contributed by atoms with Crippen LogP contribution in [0.25, 0.3) is 0 Å². The van der Waals surface area contributed by atoms with Gasteiger partial charge >= 0.3 is 6.18 Å². The Bertz CT molecular complexity index is 1360. The fraction of sp³-hybridized carbons (Fsp3) is 0.308. The highest BCUT2D eigenvalue weighted by Crippen LogP contribution is 2.40. The second-order valence-electron chi connectivity index (χ2n) is 8.86. The Kier molecular flexibility index (Phi) is 6.11. The predicted octanol–water partition coefficient (Wildman–Crippen LogP) is 4.53. The highest BCUT2D eigenvalue weighted by molar-refractivity contribution is 6.03. The van der Waals surface area contributed by atoms with Gasteiger partial charge in [-0.3, -0.25) is 9.59 Å². The quantitative estimate of drug-likeness (QED) is 0.503. The molecule has 7 nitrogen and oxygen atoms in total. The van der Waals surface area contributed by atoms with E-state index in [1.807, 2.05) is 42.5 Å². The molecule has 1 aliphatic heterocycles. The van der Waals surface area contributed by atoms with Crippen molar-refractivity contribution in [1.29, 1.82) is 0 Å². The molecule has 2 aliphatic rings. The topological polar surface area (TPSA) is 76.8 Å². The number of carbonyl (C=O) groups is 1. The van der Waals surface area contributed by atoms with Crippen molar-refractivity contribution < 1.29 is 22.7 Å². The molecule has 0 saturated heterocycles. The van der Waals surface area contributed by atoms with Crippen molar-refractivity contribution >= 4 is 11.6 Å². The average molecular weight is 496 g/mol. The summed E-state index contributed by atoms with van der Waals surface area (Å²) in [6.07, 6.45) is -3.04. The first-order valence-electron chi connectivity index (χ1n) is 11.5. The molecular weight excluding hydrogens is 473 g/mol. The second-order valence-corrected chi connectivity index (χ2v) is 8.86. The van der Waals surface area contributed by atoms with Crippen LogP contribution in [0.4, 0.5) is 13.2 Å². The van der Waals surface area contributed by atoms with Crippen molar-refractivity contribution in [1.82, 2.24) is 14.8 Å².